The van der Waals surface area contributed by atoms with E-state index in [1.54, 1.807) is 12.2 Å². The summed E-state index contributed by atoms with van der Waals surface area (Å²) in [5, 5.41) is 0. The Morgan fingerprint density at radius 3 is 2.50 bits per heavy atom. The second kappa shape index (κ2) is 4.13. The summed E-state index contributed by atoms with van der Waals surface area (Å²) in [6.45, 7) is 8.81. The third kappa shape index (κ3) is 2.35. The predicted octanol–water partition coefficient (Wildman–Crippen LogP) is 1.12. The molecule has 0 unspecified atom stereocenters. The number of allylic oxidation sites excluding steroid dienone is 1. The van der Waals surface area contributed by atoms with Crippen LogP contribution in [0.5, 0.6) is 0 Å². The highest BCUT2D eigenvalue weighted by molar-refractivity contribution is 5.87. The minimum Gasteiger partial charge on any atom is -0.336 e. The van der Waals surface area contributed by atoms with Crippen LogP contribution in [-0.4, -0.2) is 47.9 Å². The van der Waals surface area contributed by atoms with Gasteiger partial charge < -0.3 is 4.90 Å². The van der Waals surface area contributed by atoms with Gasteiger partial charge in [0.1, 0.15) is 0 Å². The van der Waals surface area contributed by atoms with Gasteiger partial charge in [-0.15, -0.1) is 0 Å². The number of likely N-dealkylation sites (N-methyl/N-ethyl adjacent to an activating group) is 1. The maximum Gasteiger partial charge on any atom is 0.246 e. The van der Waals surface area contributed by atoms with E-state index in [9.17, 15) is 4.79 Å². The van der Waals surface area contributed by atoms with Gasteiger partial charge in [-0.3, -0.25) is 9.69 Å². The first kappa shape index (κ1) is 11.2. The molecular formula is C11H20N2O. The zero-order valence-electron chi connectivity index (χ0n) is 9.58. The molecule has 1 rings (SSSR count). The van der Waals surface area contributed by atoms with Gasteiger partial charge in [-0.25, -0.2) is 0 Å². The second-order valence-electron chi connectivity index (χ2n) is 4.49. The normalized spacial score (nSPS) is 23.0. The second-order valence-corrected chi connectivity index (χ2v) is 4.49. The van der Waals surface area contributed by atoms with Crippen LogP contribution in [0.3, 0.4) is 0 Å². The lowest BCUT2D eigenvalue weighted by molar-refractivity contribution is -0.130. The zero-order chi connectivity index (χ0) is 10.8. The number of hydrogen-bond donors (Lipinski definition) is 0. The molecule has 0 atom stereocenters. The molecule has 0 aromatic rings. The van der Waals surface area contributed by atoms with Crippen LogP contribution in [0.25, 0.3) is 0 Å². The number of amides is 1. The number of carbonyl (C=O) groups excluding carboxylic acids is 1. The molecule has 1 saturated heterocycles. The minimum absolute atomic E-state index is 0.0927. The molecule has 0 spiro atoms. The van der Waals surface area contributed by atoms with Gasteiger partial charge in [-0.1, -0.05) is 6.08 Å². The monoisotopic (exact) mass is 196 g/mol. The Labute approximate surface area is 86.4 Å². The van der Waals surface area contributed by atoms with Gasteiger partial charge in [-0.05, 0) is 33.9 Å². The van der Waals surface area contributed by atoms with E-state index in [0.717, 1.165) is 19.6 Å². The molecule has 0 bridgehead atoms. The average Bonchev–Trinajstić information content (AvgIpc) is 2.10. The predicted molar refractivity (Wildman–Crippen MR) is 58.1 cm³/mol. The Balaban J connectivity index is 2.64. The summed E-state index contributed by atoms with van der Waals surface area (Å²) in [5.41, 5.74) is 0.0927. The fourth-order valence-corrected chi connectivity index (χ4v) is 1.68. The summed E-state index contributed by atoms with van der Waals surface area (Å²) in [5.74, 6) is 0.133. The van der Waals surface area contributed by atoms with E-state index >= 15 is 0 Å². The van der Waals surface area contributed by atoms with Gasteiger partial charge in [0.2, 0.25) is 5.91 Å². The minimum atomic E-state index is 0.0927. The smallest absolute Gasteiger partial charge is 0.246 e. The largest absolute Gasteiger partial charge is 0.336 e. The molecule has 0 aromatic heterocycles. The van der Waals surface area contributed by atoms with Crippen molar-refractivity contribution in [3.8, 4) is 0 Å². The third-order valence-electron chi connectivity index (χ3n) is 2.94. The van der Waals surface area contributed by atoms with E-state index in [1.807, 2.05) is 11.8 Å². The van der Waals surface area contributed by atoms with Crippen molar-refractivity contribution in [3.63, 3.8) is 0 Å². The van der Waals surface area contributed by atoms with Crippen LogP contribution < -0.4 is 0 Å². The highest BCUT2D eigenvalue weighted by atomic mass is 16.2. The Morgan fingerprint density at radius 1 is 1.36 bits per heavy atom. The molecule has 1 aliphatic heterocycles. The molecule has 1 aliphatic rings. The molecule has 0 radical (unpaired) electrons. The van der Waals surface area contributed by atoms with Crippen molar-refractivity contribution in [2.24, 2.45) is 0 Å². The molecule has 1 heterocycles. The molecular weight excluding hydrogens is 176 g/mol. The van der Waals surface area contributed by atoms with Crippen molar-refractivity contribution in [2.75, 3.05) is 26.7 Å². The lowest BCUT2D eigenvalue weighted by Crippen LogP contribution is -2.58. The van der Waals surface area contributed by atoms with Gasteiger partial charge in [0, 0.05) is 25.2 Å². The first-order valence-corrected chi connectivity index (χ1v) is 5.10. The summed E-state index contributed by atoms with van der Waals surface area (Å²) >= 11 is 0. The summed E-state index contributed by atoms with van der Waals surface area (Å²) in [4.78, 5) is 15.8. The molecule has 3 nitrogen and oxygen atoms in total. The summed E-state index contributed by atoms with van der Waals surface area (Å²) in [7, 11) is 2.11. The van der Waals surface area contributed by atoms with E-state index in [4.69, 9.17) is 0 Å². The molecule has 3 heteroatoms. The fourth-order valence-electron chi connectivity index (χ4n) is 1.68. The molecule has 0 aromatic carbocycles. The zero-order valence-corrected chi connectivity index (χ0v) is 9.58. The van der Waals surface area contributed by atoms with E-state index in [0.29, 0.717) is 0 Å². The van der Waals surface area contributed by atoms with E-state index in [2.05, 4.69) is 25.8 Å². The molecule has 0 N–H and O–H groups in total. The Hall–Kier alpha value is -0.830. The van der Waals surface area contributed by atoms with Gasteiger partial charge in [0.15, 0.2) is 0 Å². The van der Waals surface area contributed by atoms with Crippen LogP contribution in [0.2, 0.25) is 0 Å². The van der Waals surface area contributed by atoms with E-state index < -0.39 is 0 Å². The van der Waals surface area contributed by atoms with Gasteiger partial charge in [0.05, 0.1) is 0 Å². The standard InChI is InChI=1S/C11H20N2O/c1-5-6-10(14)13-8-7-12(4)11(2,3)9-13/h5-6H,7-9H2,1-4H3/b6-5+. The number of rotatable bonds is 1. The molecule has 0 aliphatic carbocycles. The summed E-state index contributed by atoms with van der Waals surface area (Å²) < 4.78 is 0. The van der Waals surface area contributed by atoms with Crippen LogP contribution in [-0.2, 0) is 4.79 Å². The van der Waals surface area contributed by atoms with Crippen LogP contribution in [0.15, 0.2) is 12.2 Å². The van der Waals surface area contributed by atoms with Crippen LogP contribution in [0, 0.1) is 0 Å². The quantitative estimate of drug-likeness (QED) is 0.587. The van der Waals surface area contributed by atoms with Crippen LogP contribution in [0.1, 0.15) is 20.8 Å². The highest BCUT2D eigenvalue weighted by Gasteiger charge is 2.32. The highest BCUT2D eigenvalue weighted by Crippen LogP contribution is 2.18. The van der Waals surface area contributed by atoms with E-state index in [-0.39, 0.29) is 11.4 Å². The molecule has 0 saturated carbocycles. The number of hydrogen-bond acceptors (Lipinski definition) is 2. The molecule has 80 valence electrons. The molecule has 14 heavy (non-hydrogen) atoms. The Kier molecular flexibility index (Phi) is 3.32. The number of carbonyl (C=O) groups is 1. The SMILES string of the molecule is C/C=C/C(=O)N1CCN(C)C(C)(C)C1. The van der Waals surface area contributed by atoms with Crippen molar-refractivity contribution in [2.45, 2.75) is 26.3 Å². The van der Waals surface area contributed by atoms with Gasteiger partial charge in [0.25, 0.3) is 0 Å². The average molecular weight is 196 g/mol. The topological polar surface area (TPSA) is 23.6 Å². The van der Waals surface area contributed by atoms with Crippen LogP contribution in [0.4, 0.5) is 0 Å². The maximum absolute atomic E-state index is 11.6. The molecule has 1 amide bonds. The summed E-state index contributed by atoms with van der Waals surface area (Å²) in [6, 6.07) is 0. The maximum atomic E-state index is 11.6. The van der Waals surface area contributed by atoms with Crippen LogP contribution >= 0.6 is 0 Å². The first-order chi connectivity index (χ1) is 6.47. The summed E-state index contributed by atoms with van der Waals surface area (Å²) in [6.07, 6.45) is 3.44. The lowest BCUT2D eigenvalue weighted by Gasteiger charge is -2.45. The Morgan fingerprint density at radius 2 is 2.00 bits per heavy atom. The number of piperazine rings is 1. The van der Waals surface area contributed by atoms with Crippen molar-refractivity contribution in [3.05, 3.63) is 12.2 Å². The van der Waals surface area contributed by atoms with E-state index in [1.165, 1.54) is 0 Å². The number of nitrogens with zero attached hydrogens (tertiary/aromatic N) is 2. The van der Waals surface area contributed by atoms with Gasteiger partial charge in [-0.2, -0.15) is 0 Å². The Bertz CT molecular complexity index is 246. The van der Waals surface area contributed by atoms with Crippen molar-refractivity contribution in [1.29, 1.82) is 0 Å². The van der Waals surface area contributed by atoms with Gasteiger partial charge >= 0.3 is 0 Å². The van der Waals surface area contributed by atoms with Crippen molar-refractivity contribution in [1.82, 2.24) is 9.80 Å². The van der Waals surface area contributed by atoms with Crippen molar-refractivity contribution < 1.29 is 4.79 Å². The fraction of sp³-hybridized carbons (Fsp3) is 0.727. The van der Waals surface area contributed by atoms with Crippen molar-refractivity contribution >= 4 is 5.91 Å². The third-order valence-corrected chi connectivity index (χ3v) is 2.94. The molecule has 1 fully saturated rings. The lowest BCUT2D eigenvalue weighted by atomic mass is 10.00. The first-order valence-electron chi connectivity index (χ1n) is 5.10.